The number of hydrogen-bond acceptors (Lipinski definition) is 3. The summed E-state index contributed by atoms with van der Waals surface area (Å²) in [6.07, 6.45) is 4.35. The molecular formula is C21H19N3O2. The van der Waals surface area contributed by atoms with Crippen LogP contribution in [0.1, 0.15) is 33.2 Å². The number of phenolic OH excluding ortho intramolecular Hbond substituents is 1. The number of amides is 1. The minimum Gasteiger partial charge on any atom is -0.508 e. The maximum atomic E-state index is 12.5. The van der Waals surface area contributed by atoms with E-state index in [0.717, 1.165) is 47.4 Å². The first-order valence-electron chi connectivity index (χ1n) is 8.81. The zero-order valence-electron chi connectivity index (χ0n) is 14.2. The third-order valence-electron chi connectivity index (χ3n) is 5.26. The van der Waals surface area contributed by atoms with Gasteiger partial charge in [-0.25, -0.2) is 0 Å². The minimum absolute atomic E-state index is 0.0935. The van der Waals surface area contributed by atoms with Crippen molar-refractivity contribution in [2.24, 2.45) is 0 Å². The van der Waals surface area contributed by atoms with Gasteiger partial charge in [0.15, 0.2) is 0 Å². The number of aromatic amines is 1. The van der Waals surface area contributed by atoms with Crippen molar-refractivity contribution in [1.29, 1.82) is 0 Å². The molecule has 5 rings (SSSR count). The van der Waals surface area contributed by atoms with Crippen molar-refractivity contribution in [3.8, 4) is 5.75 Å². The predicted octanol–water partition coefficient (Wildman–Crippen LogP) is 3.08. The molecule has 2 aliphatic rings. The highest BCUT2D eigenvalue weighted by atomic mass is 16.3. The summed E-state index contributed by atoms with van der Waals surface area (Å²) in [5, 5.41) is 14.2. The predicted molar refractivity (Wildman–Crippen MR) is 100 cm³/mol. The zero-order valence-corrected chi connectivity index (χ0v) is 14.2. The third kappa shape index (κ3) is 2.32. The fourth-order valence-corrected chi connectivity index (χ4v) is 4.06. The Hall–Kier alpha value is -3.05. The van der Waals surface area contributed by atoms with E-state index in [9.17, 15) is 9.90 Å². The summed E-state index contributed by atoms with van der Waals surface area (Å²) in [5.74, 6) is 0.0828. The van der Waals surface area contributed by atoms with Crippen molar-refractivity contribution in [3.63, 3.8) is 0 Å². The maximum Gasteiger partial charge on any atom is 0.252 e. The lowest BCUT2D eigenvalue weighted by molar-refractivity contribution is 0.0960. The van der Waals surface area contributed by atoms with Crippen molar-refractivity contribution in [1.82, 2.24) is 15.2 Å². The molecule has 0 radical (unpaired) electrons. The fraction of sp³-hybridized carbons (Fsp3) is 0.190. The van der Waals surface area contributed by atoms with E-state index in [1.165, 1.54) is 0 Å². The molecule has 0 saturated heterocycles. The number of aromatic hydroxyl groups is 1. The molecule has 26 heavy (non-hydrogen) atoms. The molecule has 0 spiro atoms. The fourth-order valence-electron chi connectivity index (χ4n) is 4.06. The lowest BCUT2D eigenvalue weighted by Gasteiger charge is -2.18. The molecule has 0 unspecified atom stereocenters. The van der Waals surface area contributed by atoms with E-state index in [4.69, 9.17) is 0 Å². The SMILES string of the molecule is O=C1N[C@@H](c2c(CN3CC=CC3)[nH]c3ccccc23)c2cc(O)ccc21. The Morgan fingerprint density at radius 1 is 1.12 bits per heavy atom. The lowest BCUT2D eigenvalue weighted by Crippen LogP contribution is -2.24. The first-order chi connectivity index (χ1) is 12.7. The van der Waals surface area contributed by atoms with E-state index in [-0.39, 0.29) is 17.7 Å². The van der Waals surface area contributed by atoms with Crippen LogP contribution >= 0.6 is 0 Å². The maximum absolute atomic E-state index is 12.5. The Morgan fingerprint density at radius 2 is 1.92 bits per heavy atom. The van der Waals surface area contributed by atoms with Crippen molar-refractivity contribution < 1.29 is 9.90 Å². The molecule has 0 aliphatic carbocycles. The number of nitrogens with zero attached hydrogens (tertiary/aromatic N) is 1. The number of H-pyrrole nitrogens is 1. The quantitative estimate of drug-likeness (QED) is 0.639. The van der Waals surface area contributed by atoms with Gasteiger partial charge in [0.1, 0.15) is 5.75 Å². The topological polar surface area (TPSA) is 68.4 Å². The van der Waals surface area contributed by atoms with Gasteiger partial charge in [-0.2, -0.15) is 0 Å². The Bertz CT molecular complexity index is 1040. The minimum atomic E-state index is -0.258. The van der Waals surface area contributed by atoms with Crippen LogP contribution in [0.5, 0.6) is 5.75 Å². The van der Waals surface area contributed by atoms with Crippen LogP contribution in [0.15, 0.2) is 54.6 Å². The number of fused-ring (bicyclic) bond motifs is 2. The highest BCUT2D eigenvalue weighted by Crippen LogP contribution is 2.38. The molecule has 3 N–H and O–H groups in total. The van der Waals surface area contributed by atoms with Gasteiger partial charge < -0.3 is 15.4 Å². The highest BCUT2D eigenvalue weighted by molar-refractivity contribution is 6.01. The number of phenols is 1. The second kappa shape index (κ2) is 5.75. The molecule has 130 valence electrons. The van der Waals surface area contributed by atoms with Crippen molar-refractivity contribution in [2.45, 2.75) is 12.6 Å². The van der Waals surface area contributed by atoms with Crippen LogP contribution in [0.3, 0.4) is 0 Å². The van der Waals surface area contributed by atoms with Crippen LogP contribution in [0.25, 0.3) is 10.9 Å². The molecule has 3 aromatic rings. The van der Waals surface area contributed by atoms with Gasteiger partial charge in [0, 0.05) is 47.4 Å². The Balaban J connectivity index is 1.66. The first kappa shape index (κ1) is 15.2. The molecule has 0 saturated carbocycles. The molecular weight excluding hydrogens is 326 g/mol. The second-order valence-electron chi connectivity index (χ2n) is 6.91. The van der Waals surface area contributed by atoms with Gasteiger partial charge in [0.05, 0.1) is 6.04 Å². The standard InChI is InChI=1S/C21H19N3O2/c25-13-7-8-14-16(11-13)20(23-21(14)26)19-15-5-1-2-6-17(15)22-18(19)12-24-9-3-4-10-24/h1-8,11,20,22,25H,9-10,12H2,(H,23,26)/t20-/m1/s1. The Morgan fingerprint density at radius 3 is 2.77 bits per heavy atom. The summed E-state index contributed by atoms with van der Waals surface area (Å²) in [7, 11) is 0. The van der Waals surface area contributed by atoms with Gasteiger partial charge >= 0.3 is 0 Å². The van der Waals surface area contributed by atoms with Crippen LogP contribution in [-0.4, -0.2) is 34.0 Å². The van der Waals surface area contributed by atoms with E-state index >= 15 is 0 Å². The van der Waals surface area contributed by atoms with E-state index in [0.29, 0.717) is 5.56 Å². The smallest absolute Gasteiger partial charge is 0.252 e. The van der Waals surface area contributed by atoms with E-state index in [1.54, 1.807) is 18.2 Å². The summed E-state index contributed by atoms with van der Waals surface area (Å²) in [4.78, 5) is 18.3. The van der Waals surface area contributed by atoms with Crippen LogP contribution in [0, 0.1) is 0 Å². The first-order valence-corrected chi connectivity index (χ1v) is 8.81. The number of benzene rings is 2. The van der Waals surface area contributed by atoms with E-state index in [1.807, 2.05) is 12.1 Å². The highest BCUT2D eigenvalue weighted by Gasteiger charge is 2.33. The lowest BCUT2D eigenvalue weighted by atomic mass is 9.95. The van der Waals surface area contributed by atoms with Crippen molar-refractivity contribution in [2.75, 3.05) is 13.1 Å². The van der Waals surface area contributed by atoms with Gasteiger partial charge in [-0.15, -0.1) is 0 Å². The Kier molecular flexibility index (Phi) is 3.36. The van der Waals surface area contributed by atoms with Gasteiger partial charge in [-0.05, 0) is 29.8 Å². The van der Waals surface area contributed by atoms with Crippen LogP contribution in [0.2, 0.25) is 0 Å². The molecule has 0 bridgehead atoms. The molecule has 5 heteroatoms. The summed E-state index contributed by atoms with van der Waals surface area (Å²) in [6.45, 7) is 2.66. The second-order valence-corrected chi connectivity index (χ2v) is 6.91. The number of rotatable bonds is 3. The monoisotopic (exact) mass is 345 g/mol. The van der Waals surface area contributed by atoms with Crippen LogP contribution in [-0.2, 0) is 6.54 Å². The molecule has 5 nitrogen and oxygen atoms in total. The normalized spacial score (nSPS) is 19.2. The van der Waals surface area contributed by atoms with Crippen molar-refractivity contribution >= 4 is 16.8 Å². The summed E-state index contributed by atoms with van der Waals surface area (Å²) in [6, 6.07) is 12.9. The van der Waals surface area contributed by atoms with E-state index < -0.39 is 0 Å². The average Bonchev–Trinajstić information content (AvgIpc) is 3.33. The molecule has 1 amide bonds. The summed E-state index contributed by atoms with van der Waals surface area (Å²) >= 11 is 0. The number of carbonyl (C=O) groups is 1. The molecule has 0 fully saturated rings. The number of para-hydroxylation sites is 1. The van der Waals surface area contributed by atoms with Crippen molar-refractivity contribution in [3.05, 3.63) is 77.0 Å². The van der Waals surface area contributed by atoms with Crippen LogP contribution in [0.4, 0.5) is 0 Å². The molecule has 2 aliphatic heterocycles. The summed E-state index contributed by atoms with van der Waals surface area (Å²) in [5.41, 5.74) is 4.72. The Labute approximate surface area is 150 Å². The average molecular weight is 345 g/mol. The molecule has 1 atom stereocenters. The zero-order chi connectivity index (χ0) is 17.7. The number of aromatic nitrogens is 1. The van der Waals surface area contributed by atoms with Gasteiger partial charge in [-0.3, -0.25) is 9.69 Å². The third-order valence-corrected chi connectivity index (χ3v) is 5.26. The number of carbonyl (C=O) groups excluding carboxylic acids is 1. The number of nitrogens with one attached hydrogen (secondary N) is 2. The number of hydrogen-bond donors (Lipinski definition) is 3. The van der Waals surface area contributed by atoms with Crippen LogP contribution < -0.4 is 5.32 Å². The van der Waals surface area contributed by atoms with Gasteiger partial charge in [0.25, 0.3) is 5.91 Å². The largest absolute Gasteiger partial charge is 0.508 e. The molecule has 1 aromatic heterocycles. The van der Waals surface area contributed by atoms with E-state index in [2.05, 4.69) is 39.5 Å². The summed E-state index contributed by atoms with van der Waals surface area (Å²) < 4.78 is 0. The molecule has 2 aromatic carbocycles. The molecule has 3 heterocycles. The van der Waals surface area contributed by atoms with Gasteiger partial charge in [0.2, 0.25) is 0 Å². The van der Waals surface area contributed by atoms with Gasteiger partial charge in [-0.1, -0.05) is 30.4 Å².